The maximum absolute atomic E-state index is 6.88. The summed E-state index contributed by atoms with van der Waals surface area (Å²) < 4.78 is 13.8. The van der Waals surface area contributed by atoms with Crippen molar-refractivity contribution in [1.29, 1.82) is 0 Å². The van der Waals surface area contributed by atoms with Gasteiger partial charge < -0.3 is 0 Å². The van der Waals surface area contributed by atoms with Crippen molar-refractivity contribution in [2.45, 2.75) is 46.0 Å². The van der Waals surface area contributed by atoms with Crippen molar-refractivity contribution >= 4 is 0 Å². The molecular formula is C10H20. The fraction of sp³-hybridized carbons (Fsp3) is 0.800. The maximum Gasteiger partial charge on any atom is 0.0534 e. The molecule has 0 aromatic heterocycles. The zero-order valence-corrected chi connectivity index (χ0v) is 7.19. The molecule has 0 fully saturated rings. The van der Waals surface area contributed by atoms with E-state index in [1.807, 2.05) is 0 Å². The first-order valence-electron chi connectivity index (χ1n) is 5.34. The van der Waals surface area contributed by atoms with Crippen LogP contribution in [0.2, 0.25) is 0 Å². The van der Waals surface area contributed by atoms with E-state index in [1.165, 1.54) is 19.3 Å². The normalized spacial score (nSPS) is 12.7. The van der Waals surface area contributed by atoms with Gasteiger partial charge in [-0.3, -0.25) is 0 Å². The summed E-state index contributed by atoms with van der Waals surface area (Å²) in [6, 6.07) is 0. The molecule has 0 N–H and O–H groups in total. The van der Waals surface area contributed by atoms with Crippen LogP contribution in [0.3, 0.4) is 0 Å². The van der Waals surface area contributed by atoms with E-state index in [0.29, 0.717) is 0 Å². The van der Waals surface area contributed by atoms with Gasteiger partial charge in [0.25, 0.3) is 0 Å². The predicted molar refractivity (Wildman–Crippen MR) is 48.1 cm³/mol. The van der Waals surface area contributed by atoms with E-state index in [-0.39, 0.29) is 6.53 Å². The summed E-state index contributed by atoms with van der Waals surface area (Å²) in [6.07, 6.45) is 7.48. The SMILES string of the molecule is [2H]C([2H])=CCCCC(CC)CC. The molecule has 0 aliphatic carbocycles. The average molecular weight is 142 g/mol. The lowest BCUT2D eigenvalue weighted by Gasteiger charge is -2.09. The van der Waals surface area contributed by atoms with Gasteiger partial charge >= 0.3 is 0 Å². The Morgan fingerprint density at radius 2 is 2.20 bits per heavy atom. The van der Waals surface area contributed by atoms with Crippen LogP contribution in [-0.4, -0.2) is 0 Å². The lowest BCUT2D eigenvalue weighted by Crippen LogP contribution is -1.95. The first-order valence-corrected chi connectivity index (χ1v) is 4.34. The van der Waals surface area contributed by atoms with Crippen LogP contribution in [0.15, 0.2) is 12.6 Å². The molecule has 0 spiro atoms. The molecule has 10 heavy (non-hydrogen) atoms. The fourth-order valence-electron chi connectivity index (χ4n) is 1.21. The van der Waals surface area contributed by atoms with Crippen LogP contribution in [-0.2, 0) is 0 Å². The third kappa shape index (κ3) is 4.60. The molecular weight excluding hydrogens is 120 g/mol. The van der Waals surface area contributed by atoms with E-state index in [0.717, 1.165) is 18.8 Å². The van der Waals surface area contributed by atoms with Crippen LogP contribution < -0.4 is 0 Å². The van der Waals surface area contributed by atoms with Crippen LogP contribution in [0.25, 0.3) is 0 Å². The molecule has 0 nitrogen and oxygen atoms in total. The second-order valence-electron chi connectivity index (χ2n) is 2.82. The minimum atomic E-state index is -0.0421. The van der Waals surface area contributed by atoms with Crippen molar-refractivity contribution in [2.24, 2.45) is 5.92 Å². The quantitative estimate of drug-likeness (QED) is 0.391. The van der Waals surface area contributed by atoms with Crippen LogP contribution in [0.5, 0.6) is 0 Å². The Morgan fingerprint density at radius 3 is 2.70 bits per heavy atom. The summed E-state index contributed by atoms with van der Waals surface area (Å²) in [5.41, 5.74) is 0. The third-order valence-corrected chi connectivity index (χ3v) is 2.12. The molecule has 0 heteroatoms. The zero-order valence-electron chi connectivity index (χ0n) is 9.19. The monoisotopic (exact) mass is 142 g/mol. The molecule has 0 bridgehead atoms. The molecule has 0 saturated carbocycles. The first-order chi connectivity index (χ1) is 5.70. The molecule has 0 aromatic rings. The summed E-state index contributed by atoms with van der Waals surface area (Å²) in [7, 11) is 0. The van der Waals surface area contributed by atoms with Gasteiger partial charge in [-0.15, -0.1) is 6.53 Å². The van der Waals surface area contributed by atoms with E-state index in [4.69, 9.17) is 2.74 Å². The number of rotatable bonds is 6. The minimum Gasteiger partial charge on any atom is -0.103 e. The molecule has 0 aliphatic rings. The summed E-state index contributed by atoms with van der Waals surface area (Å²) >= 11 is 0. The smallest absolute Gasteiger partial charge is 0.0534 e. The van der Waals surface area contributed by atoms with Crippen LogP contribution in [0, 0.1) is 5.92 Å². The molecule has 0 rings (SSSR count). The Bertz CT molecular complexity index is 122. The second kappa shape index (κ2) is 6.85. The van der Waals surface area contributed by atoms with Crippen LogP contribution >= 0.6 is 0 Å². The molecule has 0 amide bonds. The van der Waals surface area contributed by atoms with Crippen LogP contribution in [0.1, 0.15) is 48.7 Å². The lowest BCUT2D eigenvalue weighted by atomic mass is 9.97. The summed E-state index contributed by atoms with van der Waals surface area (Å²) in [4.78, 5) is 0. The van der Waals surface area contributed by atoms with E-state index in [2.05, 4.69) is 13.8 Å². The number of hydrogen-bond donors (Lipinski definition) is 0. The lowest BCUT2D eigenvalue weighted by molar-refractivity contribution is 0.443. The summed E-state index contributed by atoms with van der Waals surface area (Å²) in [6.45, 7) is 4.41. The summed E-state index contributed by atoms with van der Waals surface area (Å²) in [5.74, 6) is 0.846. The molecule has 0 atom stereocenters. The molecule has 60 valence electrons. The highest BCUT2D eigenvalue weighted by Crippen LogP contribution is 2.15. The second-order valence-corrected chi connectivity index (χ2v) is 2.82. The van der Waals surface area contributed by atoms with Gasteiger partial charge in [-0.25, -0.2) is 0 Å². The molecule has 0 radical (unpaired) electrons. The largest absolute Gasteiger partial charge is 0.103 e. The van der Waals surface area contributed by atoms with Gasteiger partial charge in [0.1, 0.15) is 0 Å². The Balaban J connectivity index is 3.35. The Hall–Kier alpha value is -0.260. The molecule has 0 heterocycles. The van der Waals surface area contributed by atoms with Gasteiger partial charge in [-0.1, -0.05) is 39.2 Å². The topological polar surface area (TPSA) is 0 Å². The Labute approximate surface area is 68.1 Å². The maximum atomic E-state index is 6.88. The number of unbranched alkanes of at least 4 members (excludes halogenated alkanes) is 1. The Morgan fingerprint density at radius 1 is 1.50 bits per heavy atom. The van der Waals surface area contributed by atoms with Gasteiger partial charge in [0.2, 0.25) is 0 Å². The van der Waals surface area contributed by atoms with Crippen molar-refractivity contribution in [2.75, 3.05) is 0 Å². The standard InChI is InChI=1S/C10H20/c1-4-7-8-9-10(5-2)6-3/h4,10H,1,5-9H2,2-3H3/i1D2. The van der Waals surface area contributed by atoms with E-state index >= 15 is 0 Å². The van der Waals surface area contributed by atoms with E-state index in [9.17, 15) is 0 Å². The number of allylic oxidation sites excluding steroid dienone is 1. The van der Waals surface area contributed by atoms with Crippen molar-refractivity contribution < 1.29 is 2.74 Å². The minimum absolute atomic E-state index is 0.0421. The van der Waals surface area contributed by atoms with Gasteiger partial charge in [-0.05, 0) is 18.8 Å². The molecule has 0 unspecified atom stereocenters. The van der Waals surface area contributed by atoms with Gasteiger partial charge in [-0.2, -0.15) is 0 Å². The van der Waals surface area contributed by atoms with Gasteiger partial charge in [0.05, 0.1) is 2.74 Å². The first kappa shape index (κ1) is 6.45. The highest BCUT2D eigenvalue weighted by Gasteiger charge is 2.00. The molecule has 0 saturated heterocycles. The highest BCUT2D eigenvalue weighted by molar-refractivity contribution is 4.67. The van der Waals surface area contributed by atoms with Crippen molar-refractivity contribution in [3.8, 4) is 0 Å². The number of hydrogen-bond acceptors (Lipinski definition) is 0. The average Bonchev–Trinajstić information content (AvgIpc) is 2.04. The molecule has 0 aliphatic heterocycles. The van der Waals surface area contributed by atoms with Crippen molar-refractivity contribution in [3.05, 3.63) is 12.6 Å². The highest BCUT2D eigenvalue weighted by atomic mass is 14.1. The fourth-order valence-corrected chi connectivity index (χ4v) is 1.21. The van der Waals surface area contributed by atoms with Crippen molar-refractivity contribution in [3.63, 3.8) is 0 Å². The predicted octanol–water partition coefficient (Wildman–Crippen LogP) is 3.78. The van der Waals surface area contributed by atoms with E-state index < -0.39 is 0 Å². The van der Waals surface area contributed by atoms with Gasteiger partial charge in [0, 0.05) is 0 Å². The summed E-state index contributed by atoms with van der Waals surface area (Å²) in [5, 5.41) is 0. The van der Waals surface area contributed by atoms with Crippen LogP contribution in [0.4, 0.5) is 0 Å². The van der Waals surface area contributed by atoms with E-state index in [1.54, 1.807) is 6.08 Å². The van der Waals surface area contributed by atoms with Gasteiger partial charge in [0.15, 0.2) is 0 Å². The Kier molecular flexibility index (Phi) is 4.42. The zero-order chi connectivity index (χ0) is 9.40. The molecule has 0 aromatic carbocycles. The third-order valence-electron chi connectivity index (χ3n) is 2.12. The van der Waals surface area contributed by atoms with Crippen molar-refractivity contribution in [1.82, 2.24) is 0 Å².